The van der Waals surface area contributed by atoms with Gasteiger partial charge in [-0.3, -0.25) is 9.89 Å². The number of H-pyrrole nitrogens is 1. The second-order valence-corrected chi connectivity index (χ2v) is 6.97. The number of ether oxygens (including phenoxy) is 1. The number of methoxy groups -OCH3 is 1. The van der Waals surface area contributed by atoms with Crippen molar-refractivity contribution >= 4 is 11.7 Å². The fraction of sp³-hybridized carbons (Fsp3) is 0.227. The number of aromatic nitrogens is 2. The highest BCUT2D eigenvalue weighted by atomic mass is 16.5. The van der Waals surface area contributed by atoms with Gasteiger partial charge in [-0.1, -0.05) is 6.07 Å². The molecule has 7 heteroatoms. The Morgan fingerprint density at radius 3 is 2.86 bits per heavy atom. The van der Waals surface area contributed by atoms with E-state index in [9.17, 15) is 4.79 Å². The number of nitrogens with one attached hydrogen (secondary N) is 2. The van der Waals surface area contributed by atoms with Crippen molar-refractivity contribution in [1.29, 1.82) is 5.26 Å². The van der Waals surface area contributed by atoms with E-state index in [-0.39, 0.29) is 11.9 Å². The van der Waals surface area contributed by atoms with Gasteiger partial charge in [0.2, 0.25) is 0 Å². The molecule has 0 aliphatic carbocycles. The molecule has 1 saturated heterocycles. The van der Waals surface area contributed by atoms with Crippen molar-refractivity contribution in [3.8, 4) is 23.1 Å². The first-order valence-corrected chi connectivity index (χ1v) is 9.42. The Morgan fingerprint density at radius 2 is 2.10 bits per heavy atom. The molecule has 1 atom stereocenters. The van der Waals surface area contributed by atoms with Gasteiger partial charge in [0.15, 0.2) is 5.82 Å². The molecule has 0 spiro atoms. The Kier molecular flexibility index (Phi) is 5.16. The van der Waals surface area contributed by atoms with Crippen LogP contribution in [0.1, 0.15) is 22.3 Å². The summed E-state index contributed by atoms with van der Waals surface area (Å²) in [6.45, 7) is 1.51. The number of carbonyl (C=O) groups is 1. The molecule has 0 saturated carbocycles. The van der Waals surface area contributed by atoms with Gasteiger partial charge >= 0.3 is 0 Å². The quantitative estimate of drug-likeness (QED) is 0.702. The standard InChI is InChI=1S/C22H21N5O2/c1-29-19-7-5-16(6-8-19)20-12-21(26-25-20)27-10-9-18(14-27)24-22(28)17-4-2-3-15(11-17)13-23/h2-8,11-12,18H,9-10,14H2,1H3,(H,24,28)(H,25,26). The predicted octanol–water partition coefficient (Wildman–Crippen LogP) is 2.97. The van der Waals surface area contributed by atoms with Gasteiger partial charge in [0.1, 0.15) is 5.75 Å². The first-order valence-electron chi connectivity index (χ1n) is 9.42. The molecule has 146 valence electrons. The molecule has 1 fully saturated rings. The summed E-state index contributed by atoms with van der Waals surface area (Å²) >= 11 is 0. The number of nitrogens with zero attached hydrogens (tertiary/aromatic N) is 3. The predicted molar refractivity (Wildman–Crippen MR) is 110 cm³/mol. The average Bonchev–Trinajstić information content (AvgIpc) is 3.43. The van der Waals surface area contributed by atoms with E-state index in [4.69, 9.17) is 10.00 Å². The smallest absolute Gasteiger partial charge is 0.251 e. The van der Waals surface area contributed by atoms with E-state index in [1.54, 1.807) is 31.4 Å². The summed E-state index contributed by atoms with van der Waals surface area (Å²) in [4.78, 5) is 14.6. The number of hydrogen-bond acceptors (Lipinski definition) is 5. The van der Waals surface area contributed by atoms with Gasteiger partial charge in [-0.2, -0.15) is 10.4 Å². The fourth-order valence-electron chi connectivity index (χ4n) is 3.48. The molecule has 0 radical (unpaired) electrons. The maximum atomic E-state index is 12.5. The molecule has 29 heavy (non-hydrogen) atoms. The lowest BCUT2D eigenvalue weighted by atomic mass is 10.1. The lowest BCUT2D eigenvalue weighted by Gasteiger charge is -2.16. The van der Waals surface area contributed by atoms with Gasteiger partial charge < -0.3 is 15.0 Å². The van der Waals surface area contributed by atoms with E-state index in [2.05, 4.69) is 26.5 Å². The Morgan fingerprint density at radius 1 is 1.28 bits per heavy atom. The zero-order valence-corrected chi connectivity index (χ0v) is 16.1. The minimum absolute atomic E-state index is 0.0365. The molecule has 7 nitrogen and oxygen atoms in total. The number of aromatic amines is 1. The highest BCUT2D eigenvalue weighted by molar-refractivity contribution is 5.94. The summed E-state index contributed by atoms with van der Waals surface area (Å²) in [6, 6.07) is 18.6. The van der Waals surface area contributed by atoms with Crippen LogP contribution in [0.2, 0.25) is 0 Å². The molecule has 0 bridgehead atoms. The maximum absolute atomic E-state index is 12.5. The molecule has 4 rings (SSSR count). The van der Waals surface area contributed by atoms with Gasteiger partial charge in [-0.15, -0.1) is 0 Å². The van der Waals surface area contributed by atoms with Crippen LogP contribution in [0.5, 0.6) is 5.75 Å². The Bertz CT molecular complexity index is 1050. The van der Waals surface area contributed by atoms with E-state index in [1.165, 1.54) is 0 Å². The van der Waals surface area contributed by atoms with E-state index >= 15 is 0 Å². The van der Waals surface area contributed by atoms with Crippen LogP contribution in [0.3, 0.4) is 0 Å². The van der Waals surface area contributed by atoms with Crippen LogP contribution in [0, 0.1) is 11.3 Å². The number of anilines is 1. The number of amides is 1. The SMILES string of the molecule is COc1ccc(-c2cc(N3CCC(NC(=O)c4cccc(C#N)c4)C3)n[nH]2)cc1. The van der Waals surface area contributed by atoms with Gasteiger partial charge in [-0.25, -0.2) is 0 Å². The molecule has 1 aliphatic rings. The van der Waals surface area contributed by atoms with Crippen LogP contribution in [0.15, 0.2) is 54.6 Å². The number of rotatable bonds is 5. The van der Waals surface area contributed by atoms with Crippen molar-refractivity contribution < 1.29 is 9.53 Å². The molecule has 1 amide bonds. The Balaban J connectivity index is 1.39. The second-order valence-electron chi connectivity index (χ2n) is 6.97. The van der Waals surface area contributed by atoms with E-state index in [0.29, 0.717) is 17.7 Å². The van der Waals surface area contributed by atoms with Gasteiger partial charge in [0.25, 0.3) is 5.91 Å². The fourth-order valence-corrected chi connectivity index (χ4v) is 3.48. The molecule has 3 aromatic rings. The first kappa shape index (κ1) is 18.6. The van der Waals surface area contributed by atoms with Crippen LogP contribution >= 0.6 is 0 Å². The van der Waals surface area contributed by atoms with Crippen molar-refractivity contribution in [3.05, 3.63) is 65.7 Å². The first-order chi connectivity index (χ1) is 14.2. The van der Waals surface area contributed by atoms with Gasteiger partial charge in [0, 0.05) is 30.8 Å². The summed E-state index contributed by atoms with van der Waals surface area (Å²) in [7, 11) is 1.64. The number of benzene rings is 2. The molecule has 1 aliphatic heterocycles. The zero-order valence-electron chi connectivity index (χ0n) is 16.1. The van der Waals surface area contributed by atoms with Gasteiger partial charge in [-0.05, 0) is 54.4 Å². The monoisotopic (exact) mass is 387 g/mol. The number of hydrogen-bond donors (Lipinski definition) is 2. The van der Waals surface area contributed by atoms with Crippen molar-refractivity contribution in [3.63, 3.8) is 0 Å². The van der Waals surface area contributed by atoms with Crippen LogP contribution in [0.4, 0.5) is 5.82 Å². The topological polar surface area (TPSA) is 94.0 Å². The van der Waals surface area contributed by atoms with E-state index in [1.807, 2.05) is 30.3 Å². The second kappa shape index (κ2) is 8.07. The normalized spacial score (nSPS) is 15.7. The highest BCUT2D eigenvalue weighted by Gasteiger charge is 2.26. The minimum atomic E-state index is -0.158. The molecule has 2 N–H and O–H groups in total. The van der Waals surface area contributed by atoms with Crippen LogP contribution in [-0.4, -0.2) is 42.3 Å². The van der Waals surface area contributed by atoms with Crippen molar-refractivity contribution in [2.75, 3.05) is 25.1 Å². The van der Waals surface area contributed by atoms with Gasteiger partial charge in [0.05, 0.1) is 24.4 Å². The third-order valence-corrected chi connectivity index (χ3v) is 5.07. The van der Waals surface area contributed by atoms with Crippen LogP contribution < -0.4 is 15.0 Å². The van der Waals surface area contributed by atoms with Crippen molar-refractivity contribution in [1.82, 2.24) is 15.5 Å². The molecule has 2 aromatic carbocycles. The Labute approximate surface area is 168 Å². The summed E-state index contributed by atoms with van der Waals surface area (Å²) in [5.41, 5.74) is 2.95. The highest BCUT2D eigenvalue weighted by Crippen LogP contribution is 2.26. The average molecular weight is 387 g/mol. The summed E-state index contributed by atoms with van der Waals surface area (Å²) in [5.74, 6) is 1.51. The lowest BCUT2D eigenvalue weighted by Crippen LogP contribution is -2.37. The summed E-state index contributed by atoms with van der Waals surface area (Å²) < 4.78 is 5.20. The Hall–Kier alpha value is -3.79. The van der Waals surface area contributed by atoms with E-state index < -0.39 is 0 Å². The minimum Gasteiger partial charge on any atom is -0.497 e. The summed E-state index contributed by atoms with van der Waals surface area (Å²) in [6.07, 6.45) is 0.842. The maximum Gasteiger partial charge on any atom is 0.251 e. The zero-order chi connectivity index (χ0) is 20.2. The number of carbonyl (C=O) groups excluding carboxylic acids is 1. The molecule has 1 aromatic heterocycles. The third kappa shape index (κ3) is 4.06. The molecular formula is C22H21N5O2. The van der Waals surface area contributed by atoms with Crippen molar-refractivity contribution in [2.45, 2.75) is 12.5 Å². The third-order valence-electron chi connectivity index (χ3n) is 5.07. The largest absolute Gasteiger partial charge is 0.497 e. The molecule has 2 heterocycles. The summed E-state index contributed by atoms with van der Waals surface area (Å²) in [5, 5.41) is 19.6. The van der Waals surface area contributed by atoms with E-state index in [0.717, 1.165) is 35.8 Å². The molecule has 1 unspecified atom stereocenters. The van der Waals surface area contributed by atoms with Crippen LogP contribution in [0.25, 0.3) is 11.3 Å². The van der Waals surface area contributed by atoms with Crippen LogP contribution in [-0.2, 0) is 0 Å². The lowest BCUT2D eigenvalue weighted by molar-refractivity contribution is 0.0940. The number of nitriles is 1. The van der Waals surface area contributed by atoms with Crippen molar-refractivity contribution in [2.24, 2.45) is 0 Å². The molecular weight excluding hydrogens is 366 g/mol.